The number of sulfonamides is 1. The molecule has 0 spiro atoms. The van der Waals surface area contributed by atoms with E-state index in [2.05, 4.69) is 11.9 Å². The van der Waals surface area contributed by atoms with Crippen LogP contribution in [0.15, 0.2) is 71.8 Å². The summed E-state index contributed by atoms with van der Waals surface area (Å²) in [7, 11) is -3.72. The highest BCUT2D eigenvalue weighted by atomic mass is 32.2. The van der Waals surface area contributed by atoms with Crippen LogP contribution >= 0.6 is 0 Å². The molecule has 3 N–H and O–H groups in total. The Balaban J connectivity index is 1.84. The molecule has 23 heavy (non-hydrogen) atoms. The number of fused-ring (bicyclic) bond motifs is 1. The van der Waals surface area contributed by atoms with E-state index in [1.165, 1.54) is 12.1 Å². The molecule has 116 valence electrons. The van der Waals surface area contributed by atoms with Crippen LogP contribution in [0.25, 0.3) is 5.57 Å². The average Bonchev–Trinajstić information content (AvgIpc) is 2.77. The molecule has 0 radical (unpaired) electrons. The third-order valence-corrected chi connectivity index (χ3v) is 4.56. The Labute approximate surface area is 134 Å². The first-order valence-electron chi connectivity index (χ1n) is 6.81. The summed E-state index contributed by atoms with van der Waals surface area (Å²) < 4.78 is 22.4. The highest BCUT2D eigenvalue weighted by molar-refractivity contribution is 7.89. The van der Waals surface area contributed by atoms with Crippen LogP contribution < -0.4 is 10.5 Å². The van der Waals surface area contributed by atoms with Gasteiger partial charge in [0, 0.05) is 23.0 Å². The number of carbonyl (C=O) groups is 1. The number of allylic oxidation sites excluding steroid dienone is 2. The van der Waals surface area contributed by atoms with Crippen molar-refractivity contribution in [3.63, 3.8) is 0 Å². The first-order chi connectivity index (χ1) is 10.9. The van der Waals surface area contributed by atoms with Crippen LogP contribution in [0.3, 0.4) is 0 Å². The summed E-state index contributed by atoms with van der Waals surface area (Å²) >= 11 is 0. The van der Waals surface area contributed by atoms with Crippen LogP contribution in [-0.4, -0.2) is 14.2 Å². The Morgan fingerprint density at radius 3 is 2.17 bits per heavy atom. The molecule has 0 saturated heterocycles. The molecule has 0 aliphatic heterocycles. The van der Waals surface area contributed by atoms with Crippen molar-refractivity contribution in [2.45, 2.75) is 4.90 Å². The third-order valence-electron chi connectivity index (χ3n) is 3.63. The topological polar surface area (TPSA) is 89.3 Å². The maximum atomic E-state index is 12.3. The molecule has 0 aromatic heterocycles. The fourth-order valence-electron chi connectivity index (χ4n) is 2.42. The van der Waals surface area contributed by atoms with Crippen molar-refractivity contribution in [3.8, 4) is 0 Å². The molecule has 5 nitrogen and oxygen atoms in total. The number of ketones is 1. The molecule has 0 bridgehead atoms. The number of carbonyl (C=O) groups excluding carboxylic acids is 1. The number of primary sulfonamides is 1. The van der Waals surface area contributed by atoms with Gasteiger partial charge in [-0.2, -0.15) is 0 Å². The summed E-state index contributed by atoms with van der Waals surface area (Å²) in [5.41, 5.74) is 3.26. The zero-order valence-corrected chi connectivity index (χ0v) is 12.9. The Morgan fingerprint density at radius 2 is 1.61 bits per heavy atom. The molecule has 6 heteroatoms. The highest BCUT2D eigenvalue weighted by Crippen LogP contribution is 2.35. The van der Waals surface area contributed by atoms with E-state index in [0.29, 0.717) is 22.4 Å². The van der Waals surface area contributed by atoms with E-state index >= 15 is 0 Å². The van der Waals surface area contributed by atoms with E-state index in [9.17, 15) is 13.2 Å². The molecule has 0 atom stereocenters. The SMILES string of the molecule is C=C1C(=CNc2ccc(S(N)(=O)=O)cc2)C(=O)c2ccccc21. The van der Waals surface area contributed by atoms with Gasteiger partial charge in [-0.15, -0.1) is 0 Å². The number of rotatable bonds is 3. The van der Waals surface area contributed by atoms with Crippen molar-refractivity contribution in [1.82, 2.24) is 0 Å². The van der Waals surface area contributed by atoms with Gasteiger partial charge in [0.25, 0.3) is 0 Å². The third kappa shape index (κ3) is 2.81. The molecule has 1 aliphatic carbocycles. The zero-order valence-electron chi connectivity index (χ0n) is 12.1. The van der Waals surface area contributed by atoms with Gasteiger partial charge in [-0.25, -0.2) is 13.6 Å². The van der Waals surface area contributed by atoms with Crippen LogP contribution in [0.5, 0.6) is 0 Å². The van der Waals surface area contributed by atoms with E-state index in [0.717, 1.165) is 5.56 Å². The van der Waals surface area contributed by atoms with Gasteiger partial charge in [-0.1, -0.05) is 30.8 Å². The second-order valence-corrected chi connectivity index (χ2v) is 6.69. The monoisotopic (exact) mass is 326 g/mol. The number of benzene rings is 2. The van der Waals surface area contributed by atoms with Crippen molar-refractivity contribution < 1.29 is 13.2 Å². The van der Waals surface area contributed by atoms with E-state index in [4.69, 9.17) is 5.14 Å². The second kappa shape index (κ2) is 5.49. The molecule has 0 fully saturated rings. The fourth-order valence-corrected chi connectivity index (χ4v) is 2.94. The van der Waals surface area contributed by atoms with Crippen LogP contribution in [0.4, 0.5) is 5.69 Å². The maximum absolute atomic E-state index is 12.3. The van der Waals surface area contributed by atoms with E-state index in [1.807, 2.05) is 18.2 Å². The number of Topliss-reactive ketones (excluding diaryl/α,β-unsaturated/α-hetero) is 1. The molecular weight excluding hydrogens is 312 g/mol. The van der Waals surface area contributed by atoms with E-state index in [-0.39, 0.29) is 10.7 Å². The minimum absolute atomic E-state index is 0.0319. The van der Waals surface area contributed by atoms with E-state index < -0.39 is 10.0 Å². The lowest BCUT2D eigenvalue weighted by molar-refractivity contribution is 0.104. The Bertz CT molecular complexity index is 905. The largest absolute Gasteiger partial charge is 0.361 e. The van der Waals surface area contributed by atoms with Crippen LogP contribution in [0.2, 0.25) is 0 Å². The minimum Gasteiger partial charge on any atom is -0.361 e. The van der Waals surface area contributed by atoms with Crippen LogP contribution in [0.1, 0.15) is 15.9 Å². The van der Waals surface area contributed by atoms with Gasteiger partial charge in [0.15, 0.2) is 5.78 Å². The first kappa shape index (κ1) is 15.2. The smallest absolute Gasteiger partial charge is 0.238 e. The van der Waals surface area contributed by atoms with Crippen molar-refractivity contribution in [3.05, 3.63) is 78.0 Å². The fraction of sp³-hybridized carbons (Fsp3) is 0. The van der Waals surface area contributed by atoms with Crippen molar-refractivity contribution >= 4 is 27.1 Å². The van der Waals surface area contributed by atoms with Crippen molar-refractivity contribution in [2.75, 3.05) is 5.32 Å². The summed E-state index contributed by atoms with van der Waals surface area (Å²) in [6.07, 6.45) is 1.58. The standard InChI is InChI=1S/C17H14N2O3S/c1-11-14-4-2-3-5-15(14)17(20)16(11)10-19-12-6-8-13(9-7-12)23(18,21)22/h2-10,19H,1H2,(H2,18,21,22). The quantitative estimate of drug-likeness (QED) is 0.848. The molecule has 0 heterocycles. The Kier molecular flexibility index (Phi) is 3.63. The summed E-state index contributed by atoms with van der Waals surface area (Å²) in [6.45, 7) is 3.96. The molecule has 0 amide bonds. The second-order valence-electron chi connectivity index (χ2n) is 5.12. The van der Waals surface area contributed by atoms with Gasteiger partial charge in [0.05, 0.1) is 4.90 Å². The number of hydrogen-bond donors (Lipinski definition) is 2. The highest BCUT2D eigenvalue weighted by Gasteiger charge is 2.27. The van der Waals surface area contributed by atoms with Gasteiger partial charge in [-0.05, 0) is 35.4 Å². The number of hydrogen-bond acceptors (Lipinski definition) is 4. The van der Waals surface area contributed by atoms with Gasteiger partial charge < -0.3 is 5.32 Å². The maximum Gasteiger partial charge on any atom is 0.238 e. The molecule has 2 aromatic rings. The first-order valence-corrected chi connectivity index (χ1v) is 8.35. The Morgan fingerprint density at radius 1 is 1.00 bits per heavy atom. The lowest BCUT2D eigenvalue weighted by atomic mass is 10.1. The normalized spacial score (nSPS) is 15.8. The van der Waals surface area contributed by atoms with Crippen LogP contribution in [0, 0.1) is 0 Å². The summed E-state index contributed by atoms with van der Waals surface area (Å²) in [5.74, 6) is -0.0840. The molecule has 2 aromatic carbocycles. The minimum atomic E-state index is -3.72. The van der Waals surface area contributed by atoms with Crippen molar-refractivity contribution in [1.29, 1.82) is 0 Å². The van der Waals surface area contributed by atoms with Gasteiger partial charge in [0.2, 0.25) is 10.0 Å². The molecule has 1 aliphatic rings. The summed E-state index contributed by atoms with van der Waals surface area (Å²) in [6, 6.07) is 13.2. The zero-order chi connectivity index (χ0) is 16.6. The number of nitrogens with two attached hydrogens (primary N) is 1. The Hall–Kier alpha value is -2.70. The average molecular weight is 326 g/mol. The van der Waals surface area contributed by atoms with Gasteiger partial charge >= 0.3 is 0 Å². The lowest BCUT2D eigenvalue weighted by Gasteiger charge is -2.04. The molecule has 0 saturated carbocycles. The predicted octanol–water partition coefficient (Wildman–Crippen LogP) is 2.54. The number of nitrogens with one attached hydrogen (secondary N) is 1. The number of anilines is 1. The lowest BCUT2D eigenvalue weighted by Crippen LogP contribution is -2.11. The van der Waals surface area contributed by atoms with Gasteiger partial charge in [-0.3, -0.25) is 4.79 Å². The predicted molar refractivity (Wildman–Crippen MR) is 89.3 cm³/mol. The van der Waals surface area contributed by atoms with E-state index in [1.54, 1.807) is 24.4 Å². The molecule has 3 rings (SSSR count). The molecule has 0 unspecified atom stereocenters. The van der Waals surface area contributed by atoms with Gasteiger partial charge in [0.1, 0.15) is 0 Å². The van der Waals surface area contributed by atoms with Crippen molar-refractivity contribution in [2.24, 2.45) is 5.14 Å². The summed E-state index contributed by atoms with van der Waals surface area (Å²) in [4.78, 5) is 12.4. The van der Waals surface area contributed by atoms with Crippen LogP contribution in [-0.2, 0) is 10.0 Å². The molecular formula is C17H14N2O3S. The summed E-state index contributed by atoms with van der Waals surface area (Å²) in [5, 5.41) is 8.03.